The highest BCUT2D eigenvalue weighted by atomic mass is 16.1. The molecular weight excluding hydrogens is 212 g/mol. The lowest BCUT2D eigenvalue weighted by atomic mass is 9.87. The van der Waals surface area contributed by atoms with Crippen LogP contribution in [-0.4, -0.2) is 24.5 Å². The molecular formula is C14H22N2O. The molecule has 1 saturated carbocycles. The molecule has 3 nitrogen and oxygen atoms in total. The van der Waals surface area contributed by atoms with E-state index in [2.05, 4.69) is 29.7 Å². The molecule has 1 heterocycles. The van der Waals surface area contributed by atoms with Crippen molar-refractivity contribution in [2.75, 3.05) is 6.54 Å². The van der Waals surface area contributed by atoms with Crippen molar-refractivity contribution >= 4 is 5.91 Å². The number of carbonyl (C=O) groups is 1. The molecule has 1 aliphatic heterocycles. The third-order valence-corrected chi connectivity index (χ3v) is 4.74. The van der Waals surface area contributed by atoms with Gasteiger partial charge in [0.05, 0.1) is 0 Å². The van der Waals surface area contributed by atoms with Crippen LogP contribution in [0.3, 0.4) is 0 Å². The van der Waals surface area contributed by atoms with Gasteiger partial charge in [-0.2, -0.15) is 0 Å². The van der Waals surface area contributed by atoms with Crippen LogP contribution in [0.2, 0.25) is 0 Å². The Balaban J connectivity index is 1.52. The Morgan fingerprint density at radius 1 is 1.41 bits per heavy atom. The summed E-state index contributed by atoms with van der Waals surface area (Å²) in [5, 5.41) is 6.66. The SMILES string of the molecule is CC(NC1CCC(=O)NC1)C1CC2C=CC1C2. The molecule has 5 atom stereocenters. The topological polar surface area (TPSA) is 41.1 Å². The van der Waals surface area contributed by atoms with E-state index < -0.39 is 0 Å². The molecule has 0 spiro atoms. The maximum Gasteiger partial charge on any atom is 0.220 e. The highest BCUT2D eigenvalue weighted by molar-refractivity contribution is 5.76. The van der Waals surface area contributed by atoms with Crippen LogP contribution in [0.5, 0.6) is 0 Å². The third kappa shape index (κ3) is 2.25. The van der Waals surface area contributed by atoms with Gasteiger partial charge in [-0.3, -0.25) is 4.79 Å². The summed E-state index contributed by atoms with van der Waals surface area (Å²) in [6.45, 7) is 3.12. The minimum absolute atomic E-state index is 0.207. The molecule has 2 fully saturated rings. The van der Waals surface area contributed by atoms with Gasteiger partial charge in [-0.25, -0.2) is 0 Å². The number of carbonyl (C=O) groups excluding carboxylic acids is 1. The van der Waals surface area contributed by atoms with Crippen molar-refractivity contribution < 1.29 is 4.79 Å². The van der Waals surface area contributed by atoms with Crippen molar-refractivity contribution in [1.29, 1.82) is 0 Å². The lowest BCUT2D eigenvalue weighted by Gasteiger charge is -2.32. The van der Waals surface area contributed by atoms with Crippen LogP contribution in [0.1, 0.15) is 32.6 Å². The van der Waals surface area contributed by atoms with Gasteiger partial charge in [-0.1, -0.05) is 12.2 Å². The van der Waals surface area contributed by atoms with Crippen molar-refractivity contribution in [3.8, 4) is 0 Å². The largest absolute Gasteiger partial charge is 0.355 e. The molecule has 94 valence electrons. The van der Waals surface area contributed by atoms with Crippen molar-refractivity contribution in [3.05, 3.63) is 12.2 Å². The highest BCUT2D eigenvalue weighted by Crippen LogP contribution is 2.44. The van der Waals surface area contributed by atoms with Gasteiger partial charge in [0.2, 0.25) is 5.91 Å². The van der Waals surface area contributed by atoms with Gasteiger partial charge in [-0.05, 0) is 43.9 Å². The first-order valence-electron chi connectivity index (χ1n) is 6.93. The fourth-order valence-electron chi connectivity index (χ4n) is 3.77. The quantitative estimate of drug-likeness (QED) is 0.726. The summed E-state index contributed by atoms with van der Waals surface area (Å²) in [7, 11) is 0. The third-order valence-electron chi connectivity index (χ3n) is 4.74. The van der Waals surface area contributed by atoms with E-state index in [4.69, 9.17) is 0 Å². The van der Waals surface area contributed by atoms with Crippen LogP contribution in [-0.2, 0) is 4.79 Å². The smallest absolute Gasteiger partial charge is 0.220 e. The van der Waals surface area contributed by atoms with Crippen molar-refractivity contribution in [2.45, 2.75) is 44.7 Å². The second-order valence-electron chi connectivity index (χ2n) is 5.94. The van der Waals surface area contributed by atoms with Crippen molar-refractivity contribution in [3.63, 3.8) is 0 Å². The number of hydrogen-bond acceptors (Lipinski definition) is 2. The predicted molar refractivity (Wildman–Crippen MR) is 67.5 cm³/mol. The van der Waals surface area contributed by atoms with Gasteiger partial charge < -0.3 is 10.6 Å². The molecule has 2 aliphatic carbocycles. The Morgan fingerprint density at radius 3 is 2.88 bits per heavy atom. The Hall–Kier alpha value is -0.830. The second-order valence-corrected chi connectivity index (χ2v) is 5.94. The van der Waals surface area contributed by atoms with E-state index in [1.807, 2.05) is 0 Å². The molecule has 0 aromatic heterocycles. The molecule has 3 rings (SSSR count). The standard InChI is InChI=1S/C14H22N2O/c1-9(13-7-10-2-3-11(13)6-10)16-12-4-5-14(17)15-8-12/h2-3,9-13,16H,4-8H2,1H3,(H,15,17). The van der Waals surface area contributed by atoms with Crippen LogP contribution in [0.4, 0.5) is 0 Å². The van der Waals surface area contributed by atoms with Crippen LogP contribution in [0.15, 0.2) is 12.2 Å². The Morgan fingerprint density at radius 2 is 2.29 bits per heavy atom. The molecule has 17 heavy (non-hydrogen) atoms. The fraction of sp³-hybridized carbons (Fsp3) is 0.786. The van der Waals surface area contributed by atoms with Gasteiger partial charge >= 0.3 is 0 Å². The molecule has 2 N–H and O–H groups in total. The number of fused-ring (bicyclic) bond motifs is 2. The van der Waals surface area contributed by atoms with Gasteiger partial charge in [0, 0.05) is 25.0 Å². The minimum Gasteiger partial charge on any atom is -0.355 e. The summed E-state index contributed by atoms with van der Waals surface area (Å²) in [5.74, 6) is 2.67. The monoisotopic (exact) mass is 234 g/mol. The number of piperidine rings is 1. The Kier molecular flexibility index (Phi) is 2.95. The van der Waals surface area contributed by atoms with Gasteiger partial charge in [-0.15, -0.1) is 0 Å². The van der Waals surface area contributed by atoms with E-state index >= 15 is 0 Å². The summed E-state index contributed by atoms with van der Waals surface area (Å²) < 4.78 is 0. The first-order chi connectivity index (χ1) is 8.22. The maximum atomic E-state index is 11.1. The lowest BCUT2D eigenvalue weighted by molar-refractivity contribution is -0.122. The molecule has 0 aromatic rings. The summed E-state index contributed by atoms with van der Waals surface area (Å²) >= 11 is 0. The van der Waals surface area contributed by atoms with Gasteiger partial charge in [0.1, 0.15) is 0 Å². The molecule has 1 saturated heterocycles. The van der Waals surface area contributed by atoms with E-state index in [1.165, 1.54) is 12.8 Å². The van der Waals surface area contributed by atoms with E-state index in [0.717, 1.165) is 30.7 Å². The fourth-order valence-corrected chi connectivity index (χ4v) is 3.77. The number of rotatable bonds is 3. The van der Waals surface area contributed by atoms with Gasteiger partial charge in [0.15, 0.2) is 0 Å². The lowest BCUT2D eigenvalue weighted by Crippen LogP contribution is -2.50. The van der Waals surface area contributed by atoms with Crippen LogP contribution >= 0.6 is 0 Å². The van der Waals surface area contributed by atoms with Crippen LogP contribution < -0.4 is 10.6 Å². The molecule has 0 radical (unpaired) electrons. The molecule has 2 bridgehead atoms. The van der Waals surface area contributed by atoms with Crippen LogP contribution in [0, 0.1) is 17.8 Å². The highest BCUT2D eigenvalue weighted by Gasteiger charge is 2.38. The number of hydrogen-bond donors (Lipinski definition) is 2. The second kappa shape index (κ2) is 4.45. The number of allylic oxidation sites excluding steroid dienone is 2. The van der Waals surface area contributed by atoms with E-state index in [-0.39, 0.29) is 5.91 Å². The summed E-state index contributed by atoms with van der Waals surface area (Å²) in [6.07, 6.45) is 9.22. The van der Waals surface area contributed by atoms with E-state index in [9.17, 15) is 4.79 Å². The average molecular weight is 234 g/mol. The zero-order valence-electron chi connectivity index (χ0n) is 10.5. The first kappa shape index (κ1) is 11.3. The number of amides is 1. The molecule has 3 aliphatic rings. The summed E-state index contributed by atoms with van der Waals surface area (Å²) in [4.78, 5) is 11.1. The predicted octanol–water partition coefficient (Wildman–Crippen LogP) is 1.46. The normalized spacial score (nSPS) is 41.6. The van der Waals surface area contributed by atoms with Gasteiger partial charge in [0.25, 0.3) is 0 Å². The molecule has 3 heteroatoms. The van der Waals surface area contributed by atoms with Crippen LogP contribution in [0.25, 0.3) is 0 Å². The van der Waals surface area contributed by atoms with Crippen molar-refractivity contribution in [1.82, 2.24) is 10.6 Å². The molecule has 1 amide bonds. The zero-order valence-corrected chi connectivity index (χ0v) is 10.5. The van der Waals surface area contributed by atoms with E-state index in [0.29, 0.717) is 18.5 Å². The molecule has 5 unspecified atom stereocenters. The summed E-state index contributed by atoms with van der Waals surface area (Å²) in [5.41, 5.74) is 0. The molecule has 0 aromatic carbocycles. The van der Waals surface area contributed by atoms with Crippen molar-refractivity contribution in [2.24, 2.45) is 17.8 Å². The zero-order chi connectivity index (χ0) is 11.8. The maximum absolute atomic E-state index is 11.1. The average Bonchev–Trinajstić information content (AvgIpc) is 2.94. The number of nitrogens with one attached hydrogen (secondary N) is 2. The minimum atomic E-state index is 0.207. The Bertz CT molecular complexity index is 329. The van der Waals surface area contributed by atoms with E-state index in [1.54, 1.807) is 0 Å². The first-order valence-corrected chi connectivity index (χ1v) is 6.93. The Labute approximate surface area is 103 Å². The summed E-state index contributed by atoms with van der Waals surface area (Å²) in [6, 6.07) is 1.06.